The molecule has 1 fully saturated rings. The summed E-state index contributed by atoms with van der Waals surface area (Å²) in [7, 11) is 1.34. The molecule has 1 aliphatic carbocycles. The van der Waals surface area contributed by atoms with E-state index in [0.717, 1.165) is 25.0 Å². The lowest BCUT2D eigenvalue weighted by atomic mass is 9.80. The fraction of sp³-hybridized carbons (Fsp3) is 0.444. The van der Waals surface area contributed by atoms with E-state index in [1.807, 2.05) is 0 Å². The minimum absolute atomic E-state index is 0.0698. The first kappa shape index (κ1) is 39.3. The van der Waals surface area contributed by atoms with Gasteiger partial charge in [0.15, 0.2) is 0 Å². The number of rotatable bonds is 16. The second-order valence-corrected chi connectivity index (χ2v) is 12.8. The number of carbonyl (C=O) groups is 3. The maximum absolute atomic E-state index is 15.1. The quantitative estimate of drug-likeness (QED) is 0.0807. The van der Waals surface area contributed by atoms with Crippen LogP contribution in [0.15, 0.2) is 66.9 Å². The molecular weight excluding hydrogens is 699 g/mol. The summed E-state index contributed by atoms with van der Waals surface area (Å²) in [6.45, 7) is 0.482. The van der Waals surface area contributed by atoms with E-state index in [4.69, 9.17) is 11.6 Å². The zero-order chi connectivity index (χ0) is 37.0. The van der Waals surface area contributed by atoms with Gasteiger partial charge in [-0.3, -0.25) is 14.6 Å². The van der Waals surface area contributed by atoms with E-state index in [9.17, 15) is 31.9 Å². The van der Waals surface area contributed by atoms with Crippen LogP contribution in [0.3, 0.4) is 0 Å². The number of halogens is 6. The molecule has 4 rings (SSSR count). The maximum Gasteiger partial charge on any atom is 0.461 e. The molecule has 15 heteroatoms. The van der Waals surface area contributed by atoms with Gasteiger partial charge in [0.25, 0.3) is 0 Å². The van der Waals surface area contributed by atoms with Gasteiger partial charge in [-0.05, 0) is 73.9 Å². The highest BCUT2D eigenvalue weighted by Gasteiger charge is 2.45. The van der Waals surface area contributed by atoms with Crippen LogP contribution in [0, 0.1) is 11.7 Å². The van der Waals surface area contributed by atoms with E-state index in [1.165, 1.54) is 25.4 Å². The van der Waals surface area contributed by atoms with Crippen LogP contribution in [0.25, 0.3) is 0 Å². The topological polar surface area (TPSA) is 119 Å². The van der Waals surface area contributed by atoms with Crippen LogP contribution >= 0.6 is 11.6 Å². The lowest BCUT2D eigenvalue weighted by Crippen LogP contribution is -2.55. The van der Waals surface area contributed by atoms with E-state index < -0.39 is 35.7 Å². The fourth-order valence-electron chi connectivity index (χ4n) is 6.07. The Morgan fingerprint density at radius 2 is 1.71 bits per heavy atom. The predicted octanol–water partition coefficient (Wildman–Crippen LogP) is 7.30. The molecule has 0 bridgehead atoms. The van der Waals surface area contributed by atoms with Crippen LogP contribution in [0.4, 0.5) is 26.7 Å². The number of amides is 3. The van der Waals surface area contributed by atoms with Crippen molar-refractivity contribution >= 4 is 29.5 Å². The molecule has 2 aromatic carbocycles. The van der Waals surface area contributed by atoms with Gasteiger partial charge in [0.2, 0.25) is 5.91 Å². The Kier molecular flexibility index (Phi) is 14.0. The largest absolute Gasteiger partial charge is 0.469 e. The number of alkyl halides is 4. The molecule has 1 aromatic heterocycles. The standard InChI is InChI=1S/C36H40ClF5N4O5/c1-50-31(47)10-6-3-7-17-43-32(48)24-11-14-28(15-12-24)45-34(49)46-35(21-23-8-4-2-5-9-23,30-16-13-26(37)22-44-30)25-18-27(38)20-29(19-25)51-36(41,42)33(39)40/h2,4-5,8-9,13,16,18-20,22,24,28,33H,3,6-7,10-12,14-15,17,21H2,1H3,(H,43,48)(H2,45,46,49)/t24-,28+,35-/m0/s1. The number of esters is 1. The summed E-state index contributed by atoms with van der Waals surface area (Å²) in [5, 5.41) is 8.98. The Bertz CT molecular complexity index is 1610. The first-order chi connectivity index (χ1) is 24.3. The Balaban J connectivity index is 1.52. The summed E-state index contributed by atoms with van der Waals surface area (Å²) in [5.74, 6) is -2.56. The molecule has 0 saturated heterocycles. The fourth-order valence-corrected chi connectivity index (χ4v) is 6.18. The van der Waals surface area contributed by atoms with E-state index in [1.54, 1.807) is 30.3 Å². The number of hydrogen-bond donors (Lipinski definition) is 3. The number of pyridine rings is 1. The van der Waals surface area contributed by atoms with E-state index in [-0.39, 0.29) is 46.5 Å². The van der Waals surface area contributed by atoms with Crippen molar-refractivity contribution in [3.8, 4) is 5.75 Å². The van der Waals surface area contributed by atoms with Crippen molar-refractivity contribution in [1.29, 1.82) is 0 Å². The second-order valence-electron chi connectivity index (χ2n) is 12.4. The zero-order valence-electron chi connectivity index (χ0n) is 27.9. The highest BCUT2D eigenvalue weighted by Crippen LogP contribution is 2.37. The number of nitrogens with zero attached hydrogens (tertiary/aromatic N) is 1. The van der Waals surface area contributed by atoms with Crippen molar-refractivity contribution < 1.29 is 45.8 Å². The molecule has 0 spiro atoms. The molecule has 0 radical (unpaired) electrons. The first-order valence-corrected chi connectivity index (χ1v) is 16.9. The van der Waals surface area contributed by atoms with E-state index >= 15 is 4.39 Å². The molecule has 1 atom stereocenters. The van der Waals surface area contributed by atoms with Gasteiger partial charge in [-0.25, -0.2) is 9.18 Å². The van der Waals surface area contributed by atoms with Crippen LogP contribution < -0.4 is 20.7 Å². The molecule has 3 aromatic rings. The number of unbranched alkanes of at least 4 members (excludes halogenated alkanes) is 2. The molecule has 0 unspecified atom stereocenters. The highest BCUT2D eigenvalue weighted by atomic mass is 35.5. The molecule has 3 N–H and O–H groups in total. The minimum Gasteiger partial charge on any atom is -0.469 e. The monoisotopic (exact) mass is 738 g/mol. The Morgan fingerprint density at radius 1 is 0.980 bits per heavy atom. The lowest BCUT2D eigenvalue weighted by Gasteiger charge is -2.37. The predicted molar refractivity (Wildman–Crippen MR) is 179 cm³/mol. The number of aromatic nitrogens is 1. The van der Waals surface area contributed by atoms with Gasteiger partial charge < -0.3 is 25.4 Å². The number of nitrogens with one attached hydrogen (secondary N) is 3. The van der Waals surface area contributed by atoms with Gasteiger partial charge in [-0.15, -0.1) is 0 Å². The lowest BCUT2D eigenvalue weighted by molar-refractivity contribution is -0.253. The van der Waals surface area contributed by atoms with Crippen molar-refractivity contribution in [2.24, 2.45) is 5.92 Å². The summed E-state index contributed by atoms with van der Waals surface area (Å²) < 4.78 is 77.9. The number of urea groups is 1. The normalized spacial score (nSPS) is 17.3. The first-order valence-electron chi connectivity index (χ1n) is 16.6. The second kappa shape index (κ2) is 18.2. The number of benzene rings is 2. The number of hydrogen-bond acceptors (Lipinski definition) is 6. The molecule has 1 saturated carbocycles. The summed E-state index contributed by atoms with van der Waals surface area (Å²) in [6.07, 6.45) is -3.40. The Morgan fingerprint density at radius 3 is 2.35 bits per heavy atom. The third kappa shape index (κ3) is 11.3. The molecule has 1 aliphatic rings. The Hall–Kier alpha value is -4.46. The maximum atomic E-state index is 15.1. The molecule has 51 heavy (non-hydrogen) atoms. The van der Waals surface area contributed by atoms with Crippen LogP contribution in [0.5, 0.6) is 5.75 Å². The SMILES string of the molecule is COC(=O)CCCCCNC(=O)[C@H]1CC[C@@H](NC(=O)N[C@@](Cc2ccccc2)(c2cc(F)cc(OC(F)(F)C(F)F)c2)c2ccc(Cl)cn2)CC1. The molecule has 276 valence electrons. The van der Waals surface area contributed by atoms with Crippen molar-refractivity contribution in [1.82, 2.24) is 20.9 Å². The third-order valence-electron chi connectivity index (χ3n) is 8.69. The van der Waals surface area contributed by atoms with Gasteiger partial charge in [0, 0.05) is 43.6 Å². The van der Waals surface area contributed by atoms with Gasteiger partial charge in [0.1, 0.15) is 17.1 Å². The zero-order valence-corrected chi connectivity index (χ0v) is 28.7. The number of methoxy groups -OCH3 is 1. The van der Waals surface area contributed by atoms with Gasteiger partial charge in [0.05, 0.1) is 17.8 Å². The summed E-state index contributed by atoms with van der Waals surface area (Å²) in [5.41, 5.74) is -1.07. The highest BCUT2D eigenvalue weighted by molar-refractivity contribution is 6.30. The van der Waals surface area contributed by atoms with Crippen LogP contribution in [-0.4, -0.2) is 55.1 Å². The summed E-state index contributed by atoms with van der Waals surface area (Å²) in [6, 6.07) is 13.1. The minimum atomic E-state index is -4.92. The van der Waals surface area contributed by atoms with Crippen LogP contribution in [0.1, 0.15) is 68.2 Å². The van der Waals surface area contributed by atoms with Gasteiger partial charge >= 0.3 is 24.5 Å². The van der Waals surface area contributed by atoms with Crippen molar-refractivity contribution in [2.45, 2.75) is 81.9 Å². The van der Waals surface area contributed by atoms with E-state index in [0.29, 0.717) is 56.7 Å². The third-order valence-corrected chi connectivity index (χ3v) is 8.92. The smallest absolute Gasteiger partial charge is 0.461 e. The average Bonchev–Trinajstić information content (AvgIpc) is 3.09. The van der Waals surface area contributed by atoms with E-state index in [2.05, 4.69) is 30.4 Å². The van der Waals surface area contributed by atoms with Crippen LogP contribution in [0.2, 0.25) is 5.02 Å². The van der Waals surface area contributed by atoms with Crippen LogP contribution in [-0.2, 0) is 26.3 Å². The number of carbonyl (C=O) groups excluding carboxylic acids is 3. The summed E-state index contributed by atoms with van der Waals surface area (Å²) >= 11 is 6.11. The summed E-state index contributed by atoms with van der Waals surface area (Å²) in [4.78, 5) is 42.2. The average molecular weight is 739 g/mol. The molecule has 1 heterocycles. The van der Waals surface area contributed by atoms with Gasteiger partial charge in [-0.2, -0.15) is 17.6 Å². The molecule has 3 amide bonds. The number of ether oxygens (including phenoxy) is 2. The van der Waals surface area contributed by atoms with Gasteiger partial charge in [-0.1, -0.05) is 48.4 Å². The molecule has 9 nitrogen and oxygen atoms in total. The Labute approximate surface area is 297 Å². The van der Waals surface area contributed by atoms with Crippen molar-refractivity contribution in [3.63, 3.8) is 0 Å². The molecule has 0 aliphatic heterocycles. The molecular formula is C36H40ClF5N4O5. The van der Waals surface area contributed by atoms with Crippen molar-refractivity contribution in [3.05, 3.63) is 94.5 Å². The van der Waals surface area contributed by atoms with Crippen molar-refractivity contribution in [2.75, 3.05) is 13.7 Å².